The van der Waals surface area contributed by atoms with Crippen molar-refractivity contribution in [3.05, 3.63) is 52.9 Å². The summed E-state index contributed by atoms with van der Waals surface area (Å²) in [5.41, 5.74) is -0.657. The average molecular weight is 318 g/mol. The Morgan fingerprint density at radius 1 is 1.30 bits per heavy atom. The van der Waals surface area contributed by atoms with Crippen LogP contribution in [0, 0.1) is 5.82 Å². The molecule has 0 saturated heterocycles. The van der Waals surface area contributed by atoms with E-state index >= 15 is 0 Å². The summed E-state index contributed by atoms with van der Waals surface area (Å²) >= 11 is 0. The lowest BCUT2D eigenvalue weighted by Crippen LogP contribution is -2.07. The summed E-state index contributed by atoms with van der Waals surface area (Å²) in [6, 6.07) is 4.98. The molecule has 0 radical (unpaired) electrons. The minimum atomic E-state index is -0.657. The van der Waals surface area contributed by atoms with Crippen LogP contribution >= 0.6 is 0 Å². The zero-order chi connectivity index (χ0) is 16.7. The summed E-state index contributed by atoms with van der Waals surface area (Å²) in [5.74, 6) is 0.0113. The summed E-state index contributed by atoms with van der Waals surface area (Å²) in [7, 11) is 0. The van der Waals surface area contributed by atoms with Gasteiger partial charge in [-0.3, -0.25) is 0 Å². The highest BCUT2D eigenvalue weighted by Gasteiger charge is 2.14. The van der Waals surface area contributed by atoms with E-state index in [4.69, 9.17) is 9.15 Å². The van der Waals surface area contributed by atoms with Crippen LogP contribution in [-0.4, -0.2) is 6.61 Å². The van der Waals surface area contributed by atoms with Crippen molar-refractivity contribution in [2.45, 2.75) is 45.4 Å². The first-order valence-corrected chi connectivity index (χ1v) is 8.16. The first kappa shape index (κ1) is 17.3. The molecular weight excluding hydrogens is 295 g/mol. The van der Waals surface area contributed by atoms with Gasteiger partial charge in [-0.15, -0.1) is 6.58 Å². The van der Waals surface area contributed by atoms with Crippen molar-refractivity contribution in [3.63, 3.8) is 0 Å². The standard InChI is InChI=1S/C19H23FO3/c1-3-5-7-8-12-22-16-11-10-14-13-15(9-6-4-2)23-19(21)17(14)18(16)20/h4,10-11,13H,2-3,5-9,12H2,1H3. The molecule has 0 amide bonds. The van der Waals surface area contributed by atoms with Gasteiger partial charge in [0.1, 0.15) is 11.1 Å². The van der Waals surface area contributed by atoms with Crippen molar-refractivity contribution in [2.24, 2.45) is 0 Å². The van der Waals surface area contributed by atoms with Crippen LogP contribution in [0.5, 0.6) is 5.75 Å². The van der Waals surface area contributed by atoms with E-state index in [9.17, 15) is 9.18 Å². The molecule has 0 bridgehead atoms. The highest BCUT2D eigenvalue weighted by molar-refractivity contribution is 5.83. The molecule has 0 unspecified atom stereocenters. The molecule has 0 aliphatic carbocycles. The third kappa shape index (κ3) is 4.44. The SMILES string of the molecule is C=CCCc1cc2ccc(OCCCCCC)c(F)c2c(=O)o1. The molecule has 23 heavy (non-hydrogen) atoms. The molecule has 0 saturated carbocycles. The molecule has 2 rings (SSSR count). The fourth-order valence-electron chi connectivity index (χ4n) is 2.46. The van der Waals surface area contributed by atoms with E-state index in [-0.39, 0.29) is 11.1 Å². The lowest BCUT2D eigenvalue weighted by Gasteiger charge is -2.09. The average Bonchev–Trinajstić information content (AvgIpc) is 2.54. The molecular formula is C19H23FO3. The smallest absolute Gasteiger partial charge is 0.346 e. The molecule has 124 valence electrons. The second-order valence-corrected chi connectivity index (χ2v) is 5.58. The van der Waals surface area contributed by atoms with Crippen LogP contribution in [0.2, 0.25) is 0 Å². The van der Waals surface area contributed by atoms with Gasteiger partial charge in [0, 0.05) is 6.42 Å². The minimum absolute atomic E-state index is 0.0431. The summed E-state index contributed by atoms with van der Waals surface area (Å²) in [4.78, 5) is 12.1. The Hall–Kier alpha value is -2.10. The van der Waals surface area contributed by atoms with Gasteiger partial charge in [0.25, 0.3) is 0 Å². The molecule has 0 spiro atoms. The third-order valence-electron chi connectivity index (χ3n) is 3.73. The third-order valence-corrected chi connectivity index (χ3v) is 3.73. The predicted molar refractivity (Wildman–Crippen MR) is 90.6 cm³/mol. The number of benzene rings is 1. The lowest BCUT2D eigenvalue weighted by atomic mass is 10.1. The largest absolute Gasteiger partial charge is 0.490 e. The molecule has 0 fully saturated rings. The van der Waals surface area contributed by atoms with E-state index in [1.54, 1.807) is 24.3 Å². The molecule has 1 aromatic heterocycles. The molecule has 0 aliphatic heterocycles. The van der Waals surface area contributed by atoms with Crippen molar-refractivity contribution in [1.29, 1.82) is 0 Å². The Balaban J connectivity index is 2.19. The molecule has 0 aliphatic rings. The van der Waals surface area contributed by atoms with Gasteiger partial charge in [0.2, 0.25) is 0 Å². The Kier molecular flexibility index (Phi) is 6.39. The number of ether oxygens (including phenoxy) is 1. The van der Waals surface area contributed by atoms with E-state index in [0.29, 0.717) is 30.6 Å². The molecule has 0 atom stereocenters. The molecule has 4 heteroatoms. The number of aryl methyl sites for hydroxylation is 1. The topological polar surface area (TPSA) is 39.4 Å². The van der Waals surface area contributed by atoms with E-state index in [1.165, 1.54) is 0 Å². The maximum absolute atomic E-state index is 14.5. The van der Waals surface area contributed by atoms with Crippen LogP contribution in [0.4, 0.5) is 4.39 Å². The molecule has 2 aromatic rings. The highest BCUT2D eigenvalue weighted by Crippen LogP contribution is 2.25. The number of hydrogen-bond donors (Lipinski definition) is 0. The van der Waals surface area contributed by atoms with Gasteiger partial charge in [-0.1, -0.05) is 38.3 Å². The summed E-state index contributed by atoms with van der Waals surface area (Å²) in [5, 5.41) is 0.495. The minimum Gasteiger partial charge on any atom is -0.490 e. The second kappa shape index (κ2) is 8.51. The van der Waals surface area contributed by atoms with Crippen molar-refractivity contribution in [2.75, 3.05) is 6.61 Å². The Bertz CT molecular complexity index is 718. The first-order chi connectivity index (χ1) is 11.2. The molecule has 3 nitrogen and oxygen atoms in total. The number of rotatable bonds is 9. The van der Waals surface area contributed by atoms with E-state index < -0.39 is 11.4 Å². The van der Waals surface area contributed by atoms with Crippen LogP contribution in [0.1, 0.15) is 44.8 Å². The maximum atomic E-state index is 14.5. The van der Waals surface area contributed by atoms with Gasteiger partial charge in [-0.2, -0.15) is 0 Å². The van der Waals surface area contributed by atoms with Gasteiger partial charge >= 0.3 is 5.63 Å². The van der Waals surface area contributed by atoms with Crippen LogP contribution in [0.15, 0.2) is 40.1 Å². The van der Waals surface area contributed by atoms with Crippen molar-refractivity contribution < 1.29 is 13.5 Å². The summed E-state index contributed by atoms with van der Waals surface area (Å²) < 4.78 is 25.1. The Labute approximate surface area is 135 Å². The van der Waals surface area contributed by atoms with Gasteiger partial charge in [0.05, 0.1) is 6.61 Å². The Morgan fingerprint density at radius 2 is 2.13 bits per heavy atom. The van der Waals surface area contributed by atoms with Crippen LogP contribution in [0.3, 0.4) is 0 Å². The molecule has 1 aromatic carbocycles. The van der Waals surface area contributed by atoms with Gasteiger partial charge in [-0.25, -0.2) is 9.18 Å². The van der Waals surface area contributed by atoms with Gasteiger partial charge in [0.15, 0.2) is 11.6 Å². The van der Waals surface area contributed by atoms with Crippen molar-refractivity contribution >= 4 is 10.8 Å². The second-order valence-electron chi connectivity index (χ2n) is 5.58. The van der Waals surface area contributed by atoms with Crippen molar-refractivity contribution in [1.82, 2.24) is 0 Å². The van der Waals surface area contributed by atoms with Gasteiger partial charge in [-0.05, 0) is 30.4 Å². The van der Waals surface area contributed by atoms with Gasteiger partial charge < -0.3 is 9.15 Å². The maximum Gasteiger partial charge on any atom is 0.346 e. The fourth-order valence-corrected chi connectivity index (χ4v) is 2.46. The Morgan fingerprint density at radius 3 is 2.87 bits per heavy atom. The van der Waals surface area contributed by atoms with Crippen LogP contribution < -0.4 is 10.4 Å². The number of fused-ring (bicyclic) bond motifs is 1. The van der Waals surface area contributed by atoms with Crippen molar-refractivity contribution in [3.8, 4) is 5.75 Å². The van der Waals surface area contributed by atoms with E-state index in [1.807, 2.05) is 0 Å². The monoisotopic (exact) mass is 318 g/mol. The van der Waals surface area contributed by atoms with Crippen LogP contribution in [-0.2, 0) is 6.42 Å². The zero-order valence-electron chi connectivity index (χ0n) is 13.6. The zero-order valence-corrected chi connectivity index (χ0v) is 13.6. The summed E-state index contributed by atoms with van der Waals surface area (Å²) in [6.45, 7) is 6.22. The number of hydrogen-bond acceptors (Lipinski definition) is 3. The lowest BCUT2D eigenvalue weighted by molar-refractivity contribution is 0.291. The number of allylic oxidation sites excluding steroid dienone is 1. The highest BCUT2D eigenvalue weighted by atomic mass is 19.1. The van der Waals surface area contributed by atoms with Crippen LogP contribution in [0.25, 0.3) is 10.8 Å². The van der Waals surface area contributed by atoms with E-state index in [0.717, 1.165) is 25.7 Å². The number of unbranched alkanes of at least 4 members (excludes halogenated alkanes) is 3. The molecule has 1 heterocycles. The molecule has 0 N–H and O–H groups in total. The quantitative estimate of drug-likeness (QED) is 0.482. The predicted octanol–water partition coefficient (Wildman–Crippen LogP) is 5.01. The number of halogens is 1. The summed E-state index contributed by atoms with van der Waals surface area (Å²) in [6.07, 6.45) is 7.24. The fraction of sp³-hybridized carbons (Fsp3) is 0.421. The van der Waals surface area contributed by atoms with E-state index in [2.05, 4.69) is 13.5 Å². The normalized spacial score (nSPS) is 10.9. The first-order valence-electron chi connectivity index (χ1n) is 8.16.